The number of amides is 1. The molecule has 0 bridgehead atoms. The number of ether oxygens (including phenoxy) is 1. The van der Waals surface area contributed by atoms with Crippen LogP contribution >= 0.6 is 11.6 Å². The lowest BCUT2D eigenvalue weighted by Crippen LogP contribution is -2.39. The van der Waals surface area contributed by atoms with Crippen LogP contribution in [0.4, 0.5) is 11.5 Å². The molecule has 3 atom stereocenters. The van der Waals surface area contributed by atoms with Gasteiger partial charge in [-0.3, -0.25) is 9.59 Å². The standard InChI is InChI=1S/C32H33ClN4O6S/c1-3-43-26-18-20(9-12-25(26)33)28(36-21-10-11-22-19(17-21)13-15-35-30(22)34)31(38)37-16-14-24(32(39)40)29(37)23-7-5-6-8-27(23)44(41,42)4-2/h5-13,15,17-18,24,28-29,36H,3-4,14,16H2,1-2H3,(H2,34,35)(H,39,40)/t24-,28+,29-/m0/s1. The molecule has 10 nitrogen and oxygen atoms in total. The number of benzene rings is 3. The van der Waals surface area contributed by atoms with E-state index in [4.69, 9.17) is 22.1 Å². The van der Waals surface area contributed by atoms with Gasteiger partial charge in [0.05, 0.1) is 34.2 Å². The predicted molar refractivity (Wildman–Crippen MR) is 170 cm³/mol. The predicted octanol–water partition coefficient (Wildman–Crippen LogP) is 5.49. The van der Waals surface area contributed by atoms with E-state index in [0.29, 0.717) is 34.4 Å². The van der Waals surface area contributed by atoms with Gasteiger partial charge in [0.1, 0.15) is 17.6 Å². The van der Waals surface area contributed by atoms with Crippen LogP contribution in [-0.2, 0) is 19.4 Å². The number of likely N-dealkylation sites (tertiary alicyclic amines) is 1. The summed E-state index contributed by atoms with van der Waals surface area (Å²) in [6.45, 7) is 3.82. The van der Waals surface area contributed by atoms with Crippen molar-refractivity contribution in [1.82, 2.24) is 9.88 Å². The molecule has 0 unspecified atom stereocenters. The minimum atomic E-state index is -3.72. The van der Waals surface area contributed by atoms with E-state index >= 15 is 0 Å². The number of hydrogen-bond acceptors (Lipinski definition) is 8. The summed E-state index contributed by atoms with van der Waals surface area (Å²) in [5.74, 6) is -1.94. The molecule has 12 heteroatoms. The maximum Gasteiger partial charge on any atom is 0.309 e. The number of carbonyl (C=O) groups excluding carboxylic acids is 1. The third-order valence-electron chi connectivity index (χ3n) is 7.89. The lowest BCUT2D eigenvalue weighted by atomic mass is 9.93. The molecule has 4 N–H and O–H groups in total. The molecule has 1 fully saturated rings. The lowest BCUT2D eigenvalue weighted by molar-refractivity contribution is -0.143. The smallest absolute Gasteiger partial charge is 0.309 e. The molecule has 0 aliphatic carbocycles. The van der Waals surface area contributed by atoms with Gasteiger partial charge in [0, 0.05) is 23.8 Å². The molecule has 1 aliphatic heterocycles. The van der Waals surface area contributed by atoms with Crippen LogP contribution in [0, 0.1) is 5.92 Å². The summed E-state index contributed by atoms with van der Waals surface area (Å²) in [7, 11) is -3.72. The van der Waals surface area contributed by atoms with Gasteiger partial charge < -0.3 is 25.8 Å². The Bertz CT molecular complexity index is 1830. The van der Waals surface area contributed by atoms with Gasteiger partial charge >= 0.3 is 5.97 Å². The zero-order valence-corrected chi connectivity index (χ0v) is 25.8. The van der Waals surface area contributed by atoms with Gasteiger partial charge in [0.15, 0.2) is 9.84 Å². The van der Waals surface area contributed by atoms with Crippen LogP contribution in [0.3, 0.4) is 0 Å². The highest BCUT2D eigenvalue weighted by molar-refractivity contribution is 7.91. The molecule has 44 heavy (non-hydrogen) atoms. The number of nitrogens with zero attached hydrogens (tertiary/aromatic N) is 2. The highest BCUT2D eigenvalue weighted by Gasteiger charge is 2.45. The summed E-state index contributed by atoms with van der Waals surface area (Å²) in [4.78, 5) is 32.7. The number of fused-ring (bicyclic) bond motifs is 1. The maximum atomic E-state index is 14.6. The number of nitrogen functional groups attached to an aromatic ring is 1. The summed E-state index contributed by atoms with van der Waals surface area (Å²) in [5.41, 5.74) is 7.46. The molecule has 0 saturated carbocycles. The van der Waals surface area contributed by atoms with E-state index in [1.165, 1.54) is 17.9 Å². The number of aliphatic carboxylic acids is 1. The number of nitrogens with two attached hydrogens (primary N) is 1. The van der Waals surface area contributed by atoms with Gasteiger partial charge in [-0.2, -0.15) is 0 Å². The van der Waals surface area contributed by atoms with Crippen LogP contribution < -0.4 is 15.8 Å². The molecule has 4 aromatic rings. The minimum absolute atomic E-state index is 0.0220. The second kappa shape index (κ2) is 12.7. The van der Waals surface area contributed by atoms with E-state index in [1.807, 2.05) is 19.1 Å². The van der Waals surface area contributed by atoms with Crippen LogP contribution in [0.15, 0.2) is 77.8 Å². The largest absolute Gasteiger partial charge is 0.492 e. The van der Waals surface area contributed by atoms with Gasteiger partial charge in [-0.15, -0.1) is 0 Å². The first kappa shape index (κ1) is 31.1. The zero-order valence-electron chi connectivity index (χ0n) is 24.2. The van der Waals surface area contributed by atoms with Crippen LogP contribution in [0.25, 0.3) is 10.8 Å². The number of pyridine rings is 1. The van der Waals surface area contributed by atoms with Gasteiger partial charge in [-0.1, -0.05) is 42.8 Å². The van der Waals surface area contributed by atoms with Crippen molar-refractivity contribution < 1.29 is 27.9 Å². The topological polar surface area (TPSA) is 152 Å². The maximum absolute atomic E-state index is 14.6. The number of rotatable bonds is 10. The van der Waals surface area contributed by atoms with Gasteiger partial charge in [-0.25, -0.2) is 13.4 Å². The van der Waals surface area contributed by atoms with Crippen molar-refractivity contribution in [2.75, 3.05) is 30.0 Å². The first-order valence-electron chi connectivity index (χ1n) is 14.2. The molecular formula is C32H33ClN4O6S. The van der Waals surface area contributed by atoms with E-state index in [-0.39, 0.29) is 29.2 Å². The van der Waals surface area contributed by atoms with Crippen molar-refractivity contribution in [3.63, 3.8) is 0 Å². The Hall–Kier alpha value is -4.35. The monoisotopic (exact) mass is 636 g/mol. The Kier molecular flexibility index (Phi) is 8.98. The summed E-state index contributed by atoms with van der Waals surface area (Å²) < 4.78 is 31.9. The number of carboxylic acid groups (broad SMARTS) is 1. The Morgan fingerprint density at radius 1 is 1.14 bits per heavy atom. The number of nitrogens with one attached hydrogen (secondary N) is 1. The highest BCUT2D eigenvalue weighted by atomic mass is 35.5. The van der Waals surface area contributed by atoms with E-state index in [1.54, 1.807) is 54.7 Å². The number of aromatic nitrogens is 1. The Balaban J connectivity index is 1.62. The van der Waals surface area contributed by atoms with Crippen molar-refractivity contribution in [1.29, 1.82) is 0 Å². The van der Waals surface area contributed by atoms with Crippen LogP contribution in [0.5, 0.6) is 5.75 Å². The Labute approximate surface area is 260 Å². The fourth-order valence-corrected chi connectivity index (χ4v) is 7.04. The van der Waals surface area contributed by atoms with E-state index in [9.17, 15) is 23.1 Å². The average Bonchev–Trinajstić information content (AvgIpc) is 3.47. The van der Waals surface area contributed by atoms with Crippen molar-refractivity contribution in [3.8, 4) is 5.75 Å². The van der Waals surface area contributed by atoms with E-state index in [2.05, 4.69) is 10.3 Å². The van der Waals surface area contributed by atoms with Crippen molar-refractivity contribution in [3.05, 3.63) is 89.1 Å². The number of anilines is 2. The molecule has 230 valence electrons. The zero-order chi connectivity index (χ0) is 31.6. The third-order valence-corrected chi connectivity index (χ3v) is 10.0. The molecule has 2 heterocycles. The summed E-state index contributed by atoms with van der Waals surface area (Å²) in [6.07, 6.45) is 1.76. The second-order valence-electron chi connectivity index (χ2n) is 10.5. The molecule has 5 rings (SSSR count). The van der Waals surface area contributed by atoms with Crippen LogP contribution in [0.2, 0.25) is 5.02 Å². The number of halogens is 1. The number of carboxylic acids is 1. The van der Waals surface area contributed by atoms with Crippen molar-refractivity contribution in [2.24, 2.45) is 5.92 Å². The Morgan fingerprint density at radius 2 is 1.91 bits per heavy atom. The molecule has 1 saturated heterocycles. The Morgan fingerprint density at radius 3 is 2.64 bits per heavy atom. The minimum Gasteiger partial charge on any atom is -0.492 e. The van der Waals surface area contributed by atoms with Crippen LogP contribution in [0.1, 0.15) is 43.5 Å². The molecule has 1 aromatic heterocycles. The van der Waals surface area contributed by atoms with E-state index in [0.717, 1.165) is 10.8 Å². The molecule has 1 aliphatic rings. The van der Waals surface area contributed by atoms with Gasteiger partial charge in [0.25, 0.3) is 0 Å². The number of hydrogen-bond donors (Lipinski definition) is 3. The fraction of sp³-hybridized carbons (Fsp3) is 0.281. The molecule has 1 amide bonds. The highest BCUT2D eigenvalue weighted by Crippen LogP contribution is 2.42. The molecular weight excluding hydrogens is 604 g/mol. The third kappa shape index (κ3) is 6.02. The summed E-state index contributed by atoms with van der Waals surface area (Å²) in [5, 5.41) is 15.4. The first-order valence-corrected chi connectivity index (χ1v) is 16.3. The molecule has 0 radical (unpaired) electrons. The normalized spacial score (nSPS) is 17.4. The van der Waals surface area contributed by atoms with Crippen LogP contribution in [-0.4, -0.2) is 54.2 Å². The van der Waals surface area contributed by atoms with Gasteiger partial charge in [0.2, 0.25) is 5.91 Å². The average molecular weight is 637 g/mol. The van der Waals surface area contributed by atoms with Crippen molar-refractivity contribution in [2.45, 2.75) is 37.2 Å². The number of sulfone groups is 1. The lowest BCUT2D eigenvalue weighted by Gasteiger charge is -2.32. The summed E-state index contributed by atoms with van der Waals surface area (Å²) in [6, 6.07) is 16.6. The molecule has 0 spiro atoms. The molecule has 3 aromatic carbocycles. The second-order valence-corrected chi connectivity index (χ2v) is 13.1. The first-order chi connectivity index (χ1) is 21.1. The van der Waals surface area contributed by atoms with Gasteiger partial charge in [-0.05, 0) is 72.3 Å². The quantitative estimate of drug-likeness (QED) is 0.205. The van der Waals surface area contributed by atoms with Crippen molar-refractivity contribution >= 4 is 55.6 Å². The van der Waals surface area contributed by atoms with E-state index < -0.39 is 39.7 Å². The SMILES string of the molecule is CCOc1cc([C@@H](Nc2ccc3c(N)nccc3c2)C(=O)N2CC[C@H](C(=O)O)[C@@H]2c2ccccc2S(=O)(=O)CC)ccc1Cl. The fourth-order valence-electron chi connectivity index (χ4n) is 5.72. The summed E-state index contributed by atoms with van der Waals surface area (Å²) >= 11 is 6.38. The number of carbonyl (C=O) groups is 2.